The van der Waals surface area contributed by atoms with Gasteiger partial charge in [0.05, 0.1) is 5.39 Å². The molecule has 2 aromatic carbocycles. The molecule has 0 amide bonds. The molecule has 3 aromatic rings. The summed E-state index contributed by atoms with van der Waals surface area (Å²) in [6.07, 6.45) is 0.999. The number of hydrogen-bond acceptors (Lipinski definition) is 5. The molecule has 2 heterocycles. The smallest absolute Gasteiger partial charge is 0.180 e. The number of rotatable bonds is 4. The van der Waals surface area contributed by atoms with Crippen molar-refractivity contribution in [3.05, 3.63) is 53.6 Å². The number of hydrogen-bond donors (Lipinski definition) is 1. The second kappa shape index (κ2) is 6.76. The first-order valence-electron chi connectivity index (χ1n) is 8.87. The van der Waals surface area contributed by atoms with E-state index in [0.717, 1.165) is 61.6 Å². The van der Waals surface area contributed by atoms with E-state index in [2.05, 4.69) is 46.1 Å². The van der Waals surface area contributed by atoms with E-state index in [9.17, 15) is 0 Å². The van der Waals surface area contributed by atoms with Crippen LogP contribution in [0, 0.1) is 6.92 Å². The molecule has 0 aliphatic carbocycles. The lowest BCUT2D eigenvalue weighted by atomic mass is 10.1. The lowest BCUT2D eigenvalue weighted by Crippen LogP contribution is -2.47. The third-order valence-electron chi connectivity index (χ3n) is 5.03. The Hall–Kier alpha value is -2.53. The van der Waals surface area contributed by atoms with Crippen molar-refractivity contribution in [2.24, 2.45) is 0 Å². The summed E-state index contributed by atoms with van der Waals surface area (Å²) in [6, 6.07) is 14.4. The number of fused-ring (bicyclic) bond motifs is 1. The molecule has 0 atom stereocenters. The number of para-hydroxylation sites is 1. The SMILES string of the molecule is Cc1ccc(CCN2CCN(c3noc4ccccc34)CC2)c(N)c1. The summed E-state index contributed by atoms with van der Waals surface area (Å²) >= 11 is 0. The third kappa shape index (κ3) is 3.33. The Kier molecular flexibility index (Phi) is 4.32. The fourth-order valence-corrected chi connectivity index (χ4v) is 3.50. The number of piperazine rings is 1. The summed E-state index contributed by atoms with van der Waals surface area (Å²) in [5, 5.41) is 5.37. The van der Waals surface area contributed by atoms with E-state index in [1.807, 2.05) is 18.2 Å². The Morgan fingerprint density at radius 2 is 1.88 bits per heavy atom. The van der Waals surface area contributed by atoms with Crippen LogP contribution < -0.4 is 10.6 Å². The number of aromatic nitrogens is 1. The van der Waals surface area contributed by atoms with Crippen LogP contribution in [0.5, 0.6) is 0 Å². The van der Waals surface area contributed by atoms with Crippen molar-refractivity contribution >= 4 is 22.5 Å². The van der Waals surface area contributed by atoms with Crippen LogP contribution in [0.25, 0.3) is 11.0 Å². The Morgan fingerprint density at radius 3 is 2.68 bits per heavy atom. The van der Waals surface area contributed by atoms with E-state index in [-0.39, 0.29) is 0 Å². The first-order chi connectivity index (χ1) is 12.2. The van der Waals surface area contributed by atoms with Crippen LogP contribution in [-0.4, -0.2) is 42.8 Å². The van der Waals surface area contributed by atoms with Crippen molar-refractivity contribution in [1.82, 2.24) is 10.1 Å². The maximum absolute atomic E-state index is 6.13. The fraction of sp³-hybridized carbons (Fsp3) is 0.350. The molecule has 0 saturated carbocycles. The molecule has 1 saturated heterocycles. The molecule has 130 valence electrons. The summed E-state index contributed by atoms with van der Waals surface area (Å²) in [7, 11) is 0. The molecule has 1 fully saturated rings. The van der Waals surface area contributed by atoms with Gasteiger partial charge in [-0.3, -0.25) is 4.90 Å². The summed E-state index contributed by atoms with van der Waals surface area (Å²) in [6.45, 7) is 7.13. The summed E-state index contributed by atoms with van der Waals surface area (Å²) in [5.41, 5.74) is 10.4. The van der Waals surface area contributed by atoms with Gasteiger partial charge in [0.2, 0.25) is 0 Å². The van der Waals surface area contributed by atoms with Crippen LogP contribution in [0.4, 0.5) is 11.5 Å². The summed E-state index contributed by atoms with van der Waals surface area (Å²) in [4.78, 5) is 4.82. The molecule has 4 rings (SSSR count). The van der Waals surface area contributed by atoms with Crippen LogP contribution in [0.3, 0.4) is 0 Å². The topological polar surface area (TPSA) is 58.5 Å². The Morgan fingerprint density at radius 1 is 1.08 bits per heavy atom. The van der Waals surface area contributed by atoms with E-state index >= 15 is 0 Å². The van der Waals surface area contributed by atoms with Gasteiger partial charge in [-0.25, -0.2) is 0 Å². The van der Waals surface area contributed by atoms with Gasteiger partial charge in [-0.05, 0) is 42.7 Å². The highest BCUT2D eigenvalue weighted by molar-refractivity contribution is 5.88. The Balaban J connectivity index is 1.35. The minimum Gasteiger partial charge on any atom is -0.398 e. The van der Waals surface area contributed by atoms with Crippen molar-refractivity contribution in [2.45, 2.75) is 13.3 Å². The molecular formula is C20H24N4O. The molecule has 0 unspecified atom stereocenters. The highest BCUT2D eigenvalue weighted by Crippen LogP contribution is 2.26. The average molecular weight is 336 g/mol. The van der Waals surface area contributed by atoms with Crippen molar-refractivity contribution in [2.75, 3.05) is 43.4 Å². The van der Waals surface area contributed by atoms with Gasteiger partial charge in [0, 0.05) is 38.4 Å². The van der Waals surface area contributed by atoms with Gasteiger partial charge in [0.25, 0.3) is 0 Å². The molecule has 0 spiro atoms. The van der Waals surface area contributed by atoms with Gasteiger partial charge < -0.3 is 15.2 Å². The van der Waals surface area contributed by atoms with Gasteiger partial charge in [0.15, 0.2) is 11.4 Å². The van der Waals surface area contributed by atoms with E-state index in [4.69, 9.17) is 10.3 Å². The average Bonchev–Trinajstić information content (AvgIpc) is 3.06. The van der Waals surface area contributed by atoms with Crippen molar-refractivity contribution < 1.29 is 4.52 Å². The van der Waals surface area contributed by atoms with E-state index in [1.165, 1.54) is 11.1 Å². The molecule has 1 aliphatic rings. The monoisotopic (exact) mass is 336 g/mol. The number of benzene rings is 2. The predicted molar refractivity (Wildman–Crippen MR) is 102 cm³/mol. The molecule has 25 heavy (non-hydrogen) atoms. The minimum atomic E-state index is 0.856. The molecule has 5 heteroatoms. The van der Waals surface area contributed by atoms with Crippen LogP contribution in [-0.2, 0) is 6.42 Å². The summed E-state index contributed by atoms with van der Waals surface area (Å²) < 4.78 is 5.44. The maximum atomic E-state index is 6.13. The summed E-state index contributed by atoms with van der Waals surface area (Å²) in [5.74, 6) is 0.970. The van der Waals surface area contributed by atoms with Gasteiger partial charge in [0.1, 0.15) is 0 Å². The normalized spacial score (nSPS) is 15.8. The Labute approximate surface area is 148 Å². The molecule has 0 bridgehead atoms. The fourth-order valence-electron chi connectivity index (χ4n) is 3.50. The number of nitrogen functional groups attached to an aromatic ring is 1. The largest absolute Gasteiger partial charge is 0.398 e. The zero-order chi connectivity index (χ0) is 17.2. The number of aryl methyl sites for hydroxylation is 1. The predicted octanol–water partition coefficient (Wildman–Crippen LogP) is 3.08. The van der Waals surface area contributed by atoms with Crippen LogP contribution in [0.2, 0.25) is 0 Å². The maximum Gasteiger partial charge on any atom is 0.180 e. The first kappa shape index (κ1) is 16.0. The third-order valence-corrected chi connectivity index (χ3v) is 5.03. The minimum absolute atomic E-state index is 0.856. The lowest BCUT2D eigenvalue weighted by molar-refractivity contribution is 0.259. The number of nitrogens with zero attached hydrogens (tertiary/aromatic N) is 3. The van der Waals surface area contributed by atoms with Gasteiger partial charge in [-0.1, -0.05) is 29.4 Å². The van der Waals surface area contributed by atoms with E-state index in [1.54, 1.807) is 0 Å². The quantitative estimate of drug-likeness (QED) is 0.742. The number of nitrogens with two attached hydrogens (primary N) is 1. The molecule has 0 radical (unpaired) electrons. The van der Waals surface area contributed by atoms with Gasteiger partial charge >= 0.3 is 0 Å². The zero-order valence-corrected chi connectivity index (χ0v) is 14.6. The zero-order valence-electron chi connectivity index (χ0n) is 14.6. The van der Waals surface area contributed by atoms with Gasteiger partial charge in [-0.15, -0.1) is 0 Å². The van der Waals surface area contributed by atoms with E-state index in [0.29, 0.717) is 0 Å². The second-order valence-corrected chi connectivity index (χ2v) is 6.78. The highest BCUT2D eigenvalue weighted by Gasteiger charge is 2.21. The van der Waals surface area contributed by atoms with Crippen molar-refractivity contribution in [3.63, 3.8) is 0 Å². The molecular weight excluding hydrogens is 312 g/mol. The molecule has 1 aliphatic heterocycles. The molecule has 5 nitrogen and oxygen atoms in total. The van der Waals surface area contributed by atoms with Crippen LogP contribution in [0.15, 0.2) is 47.0 Å². The second-order valence-electron chi connectivity index (χ2n) is 6.78. The lowest BCUT2D eigenvalue weighted by Gasteiger charge is -2.34. The number of anilines is 2. The van der Waals surface area contributed by atoms with Crippen molar-refractivity contribution in [3.8, 4) is 0 Å². The standard InChI is InChI=1S/C20H24N4O/c1-15-6-7-16(18(21)14-15)8-9-23-10-12-24(13-11-23)20-17-4-2-3-5-19(17)25-22-20/h2-7,14H,8-13,21H2,1H3. The highest BCUT2D eigenvalue weighted by atomic mass is 16.5. The van der Waals surface area contributed by atoms with Crippen molar-refractivity contribution in [1.29, 1.82) is 0 Å². The van der Waals surface area contributed by atoms with Crippen LogP contribution in [0.1, 0.15) is 11.1 Å². The first-order valence-corrected chi connectivity index (χ1v) is 8.87. The molecule has 2 N–H and O–H groups in total. The molecule has 1 aromatic heterocycles. The van der Waals surface area contributed by atoms with Gasteiger partial charge in [-0.2, -0.15) is 0 Å². The Bertz CT molecular complexity index is 865. The van der Waals surface area contributed by atoms with E-state index < -0.39 is 0 Å². The van der Waals surface area contributed by atoms with Crippen LogP contribution >= 0.6 is 0 Å².